The molecule has 0 aromatic carbocycles. The highest BCUT2D eigenvalue weighted by Gasteiger charge is 2.23. The zero-order valence-corrected chi connectivity index (χ0v) is 24.9. The molecule has 39 heavy (non-hydrogen) atoms. The first-order valence-corrected chi connectivity index (χ1v) is 16.1. The van der Waals surface area contributed by atoms with Gasteiger partial charge in [0.15, 0.2) is 0 Å². The molecule has 0 spiro atoms. The van der Waals surface area contributed by atoms with Crippen molar-refractivity contribution < 1.29 is 19.2 Å². The van der Waals surface area contributed by atoms with Crippen LogP contribution in [0.3, 0.4) is 0 Å². The second-order valence-electron chi connectivity index (χ2n) is 11.3. The fraction of sp³-hybridized carbons (Fsp3) is 0.812. The third kappa shape index (κ3) is 18.7. The predicted molar refractivity (Wildman–Crippen MR) is 159 cm³/mol. The molecule has 1 atom stereocenters. The zero-order chi connectivity index (χ0) is 28.6. The Bertz CT molecular complexity index is 704. The minimum atomic E-state index is -0.662. The first-order valence-electron chi connectivity index (χ1n) is 16.1. The Morgan fingerprint density at radius 3 is 1.44 bits per heavy atom. The molecule has 0 aromatic rings. The van der Waals surface area contributed by atoms with Crippen LogP contribution in [0.4, 0.5) is 0 Å². The summed E-state index contributed by atoms with van der Waals surface area (Å²) in [5.41, 5.74) is 5.48. The molecule has 7 heteroatoms. The number of carbonyl (C=O) groups excluding carboxylic acids is 4. The molecule has 1 aliphatic heterocycles. The lowest BCUT2D eigenvalue weighted by atomic mass is 10.0. The van der Waals surface area contributed by atoms with Crippen LogP contribution in [0.25, 0.3) is 0 Å². The summed E-state index contributed by atoms with van der Waals surface area (Å²) in [6, 6.07) is -0.662. The van der Waals surface area contributed by atoms with Crippen molar-refractivity contribution in [1.82, 2.24) is 10.2 Å². The molecule has 0 aromatic heterocycles. The number of hydrogen-bond acceptors (Lipinski definition) is 4. The van der Waals surface area contributed by atoms with Gasteiger partial charge in [-0.05, 0) is 12.8 Å². The number of amides is 4. The second kappa shape index (κ2) is 23.7. The number of nitrogens with one attached hydrogen (secondary N) is 1. The molecular formula is C32H57N3O4. The number of hydrogen-bond donors (Lipinski definition) is 2. The van der Waals surface area contributed by atoms with Gasteiger partial charge >= 0.3 is 0 Å². The Balaban J connectivity index is 1.89. The van der Waals surface area contributed by atoms with Gasteiger partial charge in [0.2, 0.25) is 11.8 Å². The molecule has 1 aliphatic rings. The van der Waals surface area contributed by atoms with Gasteiger partial charge in [-0.3, -0.25) is 24.1 Å². The SMILES string of the molecule is CCCCCCCCCCCCCCCCCCCCCCC(NC(=O)CCCN1C(=O)C=CC1=O)C(N)=O. The summed E-state index contributed by atoms with van der Waals surface area (Å²) in [4.78, 5) is 48.1. The van der Waals surface area contributed by atoms with Crippen LogP contribution < -0.4 is 11.1 Å². The maximum absolute atomic E-state index is 12.2. The molecular weight excluding hydrogens is 490 g/mol. The van der Waals surface area contributed by atoms with Gasteiger partial charge in [0.25, 0.3) is 11.8 Å². The van der Waals surface area contributed by atoms with Gasteiger partial charge in [-0.1, -0.05) is 135 Å². The van der Waals surface area contributed by atoms with Crippen LogP contribution in [-0.2, 0) is 19.2 Å². The smallest absolute Gasteiger partial charge is 0.253 e. The van der Waals surface area contributed by atoms with E-state index < -0.39 is 11.9 Å². The van der Waals surface area contributed by atoms with Crippen molar-refractivity contribution in [3.63, 3.8) is 0 Å². The van der Waals surface area contributed by atoms with Gasteiger partial charge in [0, 0.05) is 25.1 Å². The van der Waals surface area contributed by atoms with E-state index in [0.29, 0.717) is 12.8 Å². The highest BCUT2D eigenvalue weighted by molar-refractivity contribution is 6.12. The summed E-state index contributed by atoms with van der Waals surface area (Å²) < 4.78 is 0. The minimum absolute atomic E-state index is 0.139. The molecule has 0 bridgehead atoms. The van der Waals surface area contributed by atoms with Crippen molar-refractivity contribution in [3.05, 3.63) is 12.2 Å². The highest BCUT2D eigenvalue weighted by Crippen LogP contribution is 2.15. The van der Waals surface area contributed by atoms with Crippen LogP contribution in [-0.4, -0.2) is 41.1 Å². The first-order chi connectivity index (χ1) is 19.0. The molecule has 4 amide bonds. The largest absolute Gasteiger partial charge is 0.368 e. The average molecular weight is 548 g/mol. The van der Waals surface area contributed by atoms with E-state index >= 15 is 0 Å². The molecule has 1 unspecified atom stereocenters. The molecule has 0 saturated carbocycles. The quantitative estimate of drug-likeness (QED) is 0.0863. The average Bonchev–Trinajstić information content (AvgIpc) is 3.23. The van der Waals surface area contributed by atoms with E-state index in [4.69, 9.17) is 5.73 Å². The number of imide groups is 1. The van der Waals surface area contributed by atoms with E-state index in [1.165, 1.54) is 121 Å². The summed E-state index contributed by atoms with van der Waals surface area (Å²) in [6.45, 7) is 2.47. The molecule has 1 heterocycles. The Labute approximate surface area is 238 Å². The van der Waals surface area contributed by atoms with Gasteiger partial charge in [-0.2, -0.15) is 0 Å². The third-order valence-corrected chi connectivity index (χ3v) is 7.71. The molecule has 0 aliphatic carbocycles. The summed E-state index contributed by atoms with van der Waals surface area (Å²) in [5.74, 6) is -1.50. The fourth-order valence-corrected chi connectivity index (χ4v) is 5.20. The number of unbranched alkanes of at least 4 members (excludes halogenated alkanes) is 19. The lowest BCUT2D eigenvalue weighted by molar-refractivity contribution is -0.137. The van der Waals surface area contributed by atoms with E-state index in [9.17, 15) is 19.2 Å². The zero-order valence-electron chi connectivity index (χ0n) is 24.9. The van der Waals surface area contributed by atoms with E-state index in [0.717, 1.165) is 24.2 Å². The molecule has 1 rings (SSSR count). The Morgan fingerprint density at radius 1 is 0.667 bits per heavy atom. The summed E-state index contributed by atoms with van der Waals surface area (Å²) in [5, 5.41) is 2.71. The topological polar surface area (TPSA) is 110 Å². The van der Waals surface area contributed by atoms with E-state index in [1.807, 2.05) is 0 Å². The normalized spacial score (nSPS) is 13.8. The maximum atomic E-state index is 12.2. The van der Waals surface area contributed by atoms with Crippen molar-refractivity contribution in [3.8, 4) is 0 Å². The number of carbonyl (C=O) groups is 4. The standard InChI is InChI=1S/C32H57N3O4/c1-2-3-4-5-6-7-8-9-10-11-12-13-14-15-16-17-18-19-20-21-23-28(32(33)39)34-29(36)24-22-27-35-30(37)25-26-31(35)38/h25-26,28H,2-24,27H2,1H3,(H2,33,39)(H,34,36). The van der Waals surface area contributed by atoms with Gasteiger partial charge in [-0.25, -0.2) is 0 Å². The maximum Gasteiger partial charge on any atom is 0.253 e. The van der Waals surface area contributed by atoms with Gasteiger partial charge in [0.05, 0.1) is 0 Å². The molecule has 224 valence electrons. The van der Waals surface area contributed by atoms with Crippen LogP contribution in [0, 0.1) is 0 Å². The summed E-state index contributed by atoms with van der Waals surface area (Å²) in [7, 11) is 0. The number of primary amides is 1. The Kier molecular flexibility index (Phi) is 21.2. The summed E-state index contributed by atoms with van der Waals surface area (Å²) in [6.07, 6.45) is 29.9. The summed E-state index contributed by atoms with van der Waals surface area (Å²) >= 11 is 0. The molecule has 0 fully saturated rings. The van der Waals surface area contributed by atoms with Gasteiger partial charge in [-0.15, -0.1) is 0 Å². The van der Waals surface area contributed by atoms with Crippen LogP contribution in [0.1, 0.15) is 155 Å². The predicted octanol–water partition coefficient (Wildman–Crippen LogP) is 6.87. The molecule has 7 nitrogen and oxygen atoms in total. The van der Waals surface area contributed by atoms with Gasteiger partial charge < -0.3 is 11.1 Å². The van der Waals surface area contributed by atoms with Crippen LogP contribution in [0.2, 0.25) is 0 Å². The van der Waals surface area contributed by atoms with Crippen LogP contribution >= 0.6 is 0 Å². The highest BCUT2D eigenvalue weighted by atomic mass is 16.2. The molecule has 0 saturated heterocycles. The first kappa shape index (κ1) is 34.8. The third-order valence-electron chi connectivity index (χ3n) is 7.71. The Morgan fingerprint density at radius 2 is 1.05 bits per heavy atom. The van der Waals surface area contributed by atoms with Crippen molar-refractivity contribution in [1.29, 1.82) is 0 Å². The monoisotopic (exact) mass is 547 g/mol. The Hall–Kier alpha value is -2.18. The van der Waals surface area contributed by atoms with Crippen molar-refractivity contribution in [2.75, 3.05) is 6.54 Å². The fourth-order valence-electron chi connectivity index (χ4n) is 5.20. The minimum Gasteiger partial charge on any atom is -0.368 e. The van der Waals surface area contributed by atoms with Crippen LogP contribution in [0.15, 0.2) is 12.2 Å². The van der Waals surface area contributed by atoms with Gasteiger partial charge in [0.1, 0.15) is 6.04 Å². The molecule has 0 radical (unpaired) electrons. The lowest BCUT2D eigenvalue weighted by Gasteiger charge is -2.16. The number of rotatable bonds is 27. The van der Waals surface area contributed by atoms with Crippen molar-refractivity contribution in [2.45, 2.75) is 161 Å². The van der Waals surface area contributed by atoms with Crippen molar-refractivity contribution in [2.24, 2.45) is 5.73 Å². The lowest BCUT2D eigenvalue weighted by Crippen LogP contribution is -2.44. The second-order valence-corrected chi connectivity index (χ2v) is 11.3. The number of nitrogens with two attached hydrogens (primary N) is 1. The van der Waals surface area contributed by atoms with E-state index in [-0.39, 0.29) is 30.7 Å². The van der Waals surface area contributed by atoms with Crippen LogP contribution in [0.5, 0.6) is 0 Å². The molecule has 3 N–H and O–H groups in total. The van der Waals surface area contributed by atoms with E-state index in [2.05, 4.69) is 12.2 Å². The van der Waals surface area contributed by atoms with Crippen molar-refractivity contribution >= 4 is 23.6 Å². The van der Waals surface area contributed by atoms with E-state index in [1.54, 1.807) is 0 Å². The number of nitrogens with zero attached hydrogens (tertiary/aromatic N) is 1.